The first-order valence-corrected chi connectivity index (χ1v) is 9.46. The topological polar surface area (TPSA) is 76.6 Å². The molecular formula is C20H24N4O3. The summed E-state index contributed by atoms with van der Waals surface area (Å²) in [5.41, 5.74) is 1.42. The summed E-state index contributed by atoms with van der Waals surface area (Å²) in [4.78, 5) is 24.1. The molecule has 0 radical (unpaired) electrons. The van der Waals surface area contributed by atoms with E-state index >= 15 is 0 Å². The Hall–Kier alpha value is -2.51. The van der Waals surface area contributed by atoms with E-state index < -0.39 is 0 Å². The minimum Gasteiger partial charge on any atom is -0.378 e. The number of carbonyl (C=O) groups excluding carboxylic acids is 1. The zero-order valence-electron chi connectivity index (χ0n) is 15.3. The fourth-order valence-corrected chi connectivity index (χ4v) is 3.38. The van der Waals surface area contributed by atoms with E-state index in [1.165, 1.54) is 0 Å². The molecular weight excluding hydrogens is 344 g/mol. The number of nitrogens with zero attached hydrogens (tertiary/aromatic N) is 3. The summed E-state index contributed by atoms with van der Waals surface area (Å²) in [7, 11) is 0. The summed E-state index contributed by atoms with van der Waals surface area (Å²) >= 11 is 0. The van der Waals surface area contributed by atoms with Gasteiger partial charge >= 0.3 is 0 Å². The van der Waals surface area contributed by atoms with E-state index in [1.807, 2.05) is 30.3 Å². The molecule has 1 N–H and O–H groups in total. The van der Waals surface area contributed by atoms with E-state index in [2.05, 4.69) is 15.2 Å². The van der Waals surface area contributed by atoms with Crippen LogP contribution in [0.25, 0.3) is 11.4 Å². The number of hydrogen-bond donors (Lipinski definition) is 1. The van der Waals surface area contributed by atoms with Gasteiger partial charge in [-0.3, -0.25) is 4.79 Å². The molecule has 0 spiro atoms. The molecule has 1 unspecified atom stereocenters. The van der Waals surface area contributed by atoms with Gasteiger partial charge in [0.2, 0.25) is 0 Å². The summed E-state index contributed by atoms with van der Waals surface area (Å²) < 4.78 is 11.0. The fraction of sp³-hybridized carbons (Fsp3) is 0.450. The number of amides is 1. The molecule has 2 aliphatic rings. The van der Waals surface area contributed by atoms with Crippen molar-refractivity contribution in [2.45, 2.75) is 18.9 Å². The predicted octanol–water partition coefficient (Wildman–Crippen LogP) is 1.89. The van der Waals surface area contributed by atoms with Gasteiger partial charge < -0.3 is 19.7 Å². The van der Waals surface area contributed by atoms with Gasteiger partial charge in [-0.05, 0) is 12.8 Å². The summed E-state index contributed by atoms with van der Waals surface area (Å²) in [5, 5.41) is 2.98. The lowest BCUT2D eigenvalue weighted by Gasteiger charge is -2.29. The fourth-order valence-electron chi connectivity index (χ4n) is 3.38. The molecule has 2 aromatic rings. The van der Waals surface area contributed by atoms with E-state index in [1.54, 1.807) is 6.20 Å². The Morgan fingerprint density at radius 2 is 2.00 bits per heavy atom. The van der Waals surface area contributed by atoms with Crippen molar-refractivity contribution in [1.82, 2.24) is 15.3 Å². The van der Waals surface area contributed by atoms with E-state index in [0.717, 1.165) is 25.0 Å². The maximum Gasteiger partial charge on any atom is 0.256 e. The molecule has 7 nitrogen and oxygen atoms in total. The van der Waals surface area contributed by atoms with Crippen molar-refractivity contribution < 1.29 is 14.3 Å². The van der Waals surface area contributed by atoms with Crippen LogP contribution in [0.5, 0.6) is 0 Å². The highest BCUT2D eigenvalue weighted by atomic mass is 16.5. The number of rotatable bonds is 5. The molecule has 1 atom stereocenters. The number of carbonyl (C=O) groups is 1. The minimum absolute atomic E-state index is 0.102. The van der Waals surface area contributed by atoms with Crippen molar-refractivity contribution in [3.8, 4) is 11.4 Å². The Balaban J connectivity index is 1.59. The molecule has 3 heterocycles. The number of benzene rings is 1. The highest BCUT2D eigenvalue weighted by molar-refractivity contribution is 5.99. The minimum atomic E-state index is -0.161. The van der Waals surface area contributed by atoms with Gasteiger partial charge in [-0.1, -0.05) is 30.3 Å². The third-order valence-electron chi connectivity index (χ3n) is 4.87. The molecule has 2 saturated heterocycles. The lowest BCUT2D eigenvalue weighted by atomic mass is 10.2. The highest BCUT2D eigenvalue weighted by Gasteiger charge is 2.23. The van der Waals surface area contributed by atoms with E-state index in [0.29, 0.717) is 50.1 Å². The zero-order valence-corrected chi connectivity index (χ0v) is 15.3. The molecule has 2 fully saturated rings. The first-order valence-electron chi connectivity index (χ1n) is 9.46. The van der Waals surface area contributed by atoms with Crippen LogP contribution in [-0.2, 0) is 9.47 Å². The average molecular weight is 368 g/mol. The Labute approximate surface area is 158 Å². The van der Waals surface area contributed by atoms with E-state index in [4.69, 9.17) is 14.5 Å². The number of ether oxygens (including phenoxy) is 2. The molecule has 1 aromatic carbocycles. The molecule has 27 heavy (non-hydrogen) atoms. The largest absolute Gasteiger partial charge is 0.378 e. The summed E-state index contributed by atoms with van der Waals surface area (Å²) in [6.07, 6.45) is 3.77. The van der Waals surface area contributed by atoms with Gasteiger partial charge in [-0.2, -0.15) is 0 Å². The highest BCUT2D eigenvalue weighted by Crippen LogP contribution is 2.23. The smallest absolute Gasteiger partial charge is 0.256 e. The van der Waals surface area contributed by atoms with Crippen molar-refractivity contribution >= 4 is 11.7 Å². The van der Waals surface area contributed by atoms with Crippen LogP contribution in [0.1, 0.15) is 23.2 Å². The van der Waals surface area contributed by atoms with Crippen molar-refractivity contribution in [1.29, 1.82) is 0 Å². The molecule has 1 amide bonds. The van der Waals surface area contributed by atoms with Gasteiger partial charge in [-0.25, -0.2) is 9.97 Å². The Morgan fingerprint density at radius 3 is 2.74 bits per heavy atom. The second-order valence-corrected chi connectivity index (χ2v) is 6.74. The Bertz CT molecular complexity index is 772. The molecule has 1 aromatic heterocycles. The molecule has 0 aliphatic carbocycles. The monoisotopic (exact) mass is 368 g/mol. The average Bonchev–Trinajstić information content (AvgIpc) is 3.26. The van der Waals surface area contributed by atoms with Crippen molar-refractivity contribution in [2.75, 3.05) is 44.4 Å². The predicted molar refractivity (Wildman–Crippen MR) is 102 cm³/mol. The first kappa shape index (κ1) is 17.9. The zero-order chi connectivity index (χ0) is 18.5. The SMILES string of the molecule is O=C(NCC1CCCO1)c1cnc(-c2ccccc2)nc1N1CCOCC1. The lowest BCUT2D eigenvalue weighted by molar-refractivity contribution is 0.0856. The van der Waals surface area contributed by atoms with Crippen LogP contribution in [0.2, 0.25) is 0 Å². The standard InChI is InChI=1S/C20H24N4O3/c25-20(22-13-16-7-4-10-27-16)17-14-21-18(15-5-2-1-3-6-15)23-19(17)24-8-11-26-12-9-24/h1-3,5-6,14,16H,4,7-13H2,(H,22,25). The van der Waals surface area contributed by atoms with Crippen LogP contribution in [0.4, 0.5) is 5.82 Å². The van der Waals surface area contributed by atoms with E-state index in [-0.39, 0.29) is 12.0 Å². The van der Waals surface area contributed by atoms with E-state index in [9.17, 15) is 4.79 Å². The molecule has 2 aliphatic heterocycles. The summed E-state index contributed by atoms with van der Waals surface area (Å²) in [6, 6.07) is 9.80. The van der Waals surface area contributed by atoms with Gasteiger partial charge in [-0.15, -0.1) is 0 Å². The lowest BCUT2D eigenvalue weighted by Crippen LogP contribution is -2.39. The number of aromatic nitrogens is 2. The Morgan fingerprint density at radius 1 is 1.19 bits per heavy atom. The van der Waals surface area contributed by atoms with Crippen molar-refractivity contribution in [3.63, 3.8) is 0 Å². The molecule has 0 bridgehead atoms. The quantitative estimate of drug-likeness (QED) is 0.869. The maximum atomic E-state index is 12.8. The molecule has 142 valence electrons. The molecule has 0 saturated carbocycles. The van der Waals surface area contributed by atoms with Crippen LogP contribution >= 0.6 is 0 Å². The van der Waals surface area contributed by atoms with Gasteiger partial charge in [0.25, 0.3) is 5.91 Å². The van der Waals surface area contributed by atoms with Crippen LogP contribution in [0.3, 0.4) is 0 Å². The van der Waals surface area contributed by atoms with Crippen LogP contribution in [0, 0.1) is 0 Å². The third-order valence-corrected chi connectivity index (χ3v) is 4.87. The number of nitrogens with one attached hydrogen (secondary N) is 1. The van der Waals surface area contributed by atoms with Gasteiger partial charge in [0.15, 0.2) is 5.82 Å². The number of hydrogen-bond acceptors (Lipinski definition) is 6. The van der Waals surface area contributed by atoms with Crippen LogP contribution in [-0.4, -0.2) is 61.4 Å². The summed E-state index contributed by atoms with van der Waals surface area (Å²) in [5.74, 6) is 1.12. The van der Waals surface area contributed by atoms with Crippen LogP contribution < -0.4 is 10.2 Å². The second-order valence-electron chi connectivity index (χ2n) is 6.74. The first-order chi connectivity index (χ1) is 13.3. The summed E-state index contributed by atoms with van der Waals surface area (Å²) in [6.45, 7) is 3.95. The van der Waals surface area contributed by atoms with Gasteiger partial charge in [0.05, 0.1) is 19.3 Å². The van der Waals surface area contributed by atoms with Crippen molar-refractivity contribution in [2.24, 2.45) is 0 Å². The van der Waals surface area contributed by atoms with Gasteiger partial charge in [0, 0.05) is 38.0 Å². The van der Waals surface area contributed by atoms with Crippen molar-refractivity contribution in [3.05, 3.63) is 42.1 Å². The Kier molecular flexibility index (Phi) is 5.60. The maximum absolute atomic E-state index is 12.8. The molecule has 7 heteroatoms. The third kappa shape index (κ3) is 4.26. The number of anilines is 1. The second kappa shape index (κ2) is 8.45. The molecule has 4 rings (SSSR count). The van der Waals surface area contributed by atoms with Crippen LogP contribution in [0.15, 0.2) is 36.5 Å². The number of morpholine rings is 1. The normalized spacial score (nSPS) is 19.9. The van der Waals surface area contributed by atoms with Gasteiger partial charge in [0.1, 0.15) is 11.4 Å².